The van der Waals surface area contributed by atoms with Gasteiger partial charge in [-0.05, 0) is 42.8 Å². The lowest BCUT2D eigenvalue weighted by Gasteiger charge is -2.08. The van der Waals surface area contributed by atoms with Crippen molar-refractivity contribution >= 4 is 32.5 Å². The number of aromatic nitrogens is 1. The maximum absolute atomic E-state index is 12.6. The lowest BCUT2D eigenvalue weighted by molar-refractivity contribution is -0.138. The third kappa shape index (κ3) is 4.68. The molecular formula is C19H18N2O5S2. The largest absolute Gasteiger partial charge is 0.481 e. The van der Waals surface area contributed by atoms with E-state index in [1.54, 1.807) is 31.2 Å². The Balaban J connectivity index is 1.73. The normalized spacial score (nSPS) is 12.3. The van der Waals surface area contributed by atoms with Crippen molar-refractivity contribution in [3.63, 3.8) is 0 Å². The van der Waals surface area contributed by atoms with E-state index in [0.29, 0.717) is 22.8 Å². The summed E-state index contributed by atoms with van der Waals surface area (Å²) in [5.41, 5.74) is 0. The number of thiazole rings is 1. The molecule has 0 bridgehead atoms. The second-order valence-corrected chi connectivity index (χ2v) is 8.60. The first kappa shape index (κ1) is 19.8. The van der Waals surface area contributed by atoms with Gasteiger partial charge in [-0.15, -0.1) is 11.3 Å². The van der Waals surface area contributed by atoms with Crippen molar-refractivity contribution in [1.29, 1.82) is 0 Å². The third-order valence-electron chi connectivity index (χ3n) is 3.91. The van der Waals surface area contributed by atoms with E-state index < -0.39 is 21.9 Å². The molecule has 1 aromatic heterocycles. The predicted octanol–water partition coefficient (Wildman–Crippen LogP) is 4.31. The van der Waals surface area contributed by atoms with Gasteiger partial charge in [0.1, 0.15) is 11.5 Å². The molecule has 0 aliphatic heterocycles. The number of aliphatic carboxylic acids is 1. The third-order valence-corrected chi connectivity index (χ3v) is 6.42. The summed E-state index contributed by atoms with van der Waals surface area (Å²) in [6, 6.07) is 15.1. The second-order valence-electron chi connectivity index (χ2n) is 5.86. The van der Waals surface area contributed by atoms with E-state index in [0.717, 1.165) is 11.3 Å². The smallest absolute Gasteiger partial charge is 0.311 e. The summed E-state index contributed by atoms with van der Waals surface area (Å²) in [6.45, 7) is 1.75. The Labute approximate surface area is 166 Å². The molecule has 0 fully saturated rings. The van der Waals surface area contributed by atoms with Crippen molar-refractivity contribution < 1.29 is 23.1 Å². The monoisotopic (exact) mass is 418 g/mol. The molecule has 28 heavy (non-hydrogen) atoms. The Bertz CT molecular complexity index is 1050. The van der Waals surface area contributed by atoms with Gasteiger partial charge in [-0.2, -0.15) is 0 Å². The van der Waals surface area contributed by atoms with Gasteiger partial charge in [-0.1, -0.05) is 25.1 Å². The fraction of sp³-hybridized carbons (Fsp3) is 0.158. The molecule has 0 amide bonds. The number of ether oxygens (including phenoxy) is 1. The van der Waals surface area contributed by atoms with E-state index in [1.807, 2.05) is 18.2 Å². The van der Waals surface area contributed by atoms with Gasteiger partial charge in [0.2, 0.25) is 0 Å². The summed E-state index contributed by atoms with van der Waals surface area (Å²) in [7, 11) is -3.85. The number of hydrogen-bond acceptors (Lipinski definition) is 6. The highest BCUT2D eigenvalue weighted by molar-refractivity contribution is 7.93. The second kappa shape index (κ2) is 8.41. The highest BCUT2D eigenvalue weighted by atomic mass is 32.2. The average molecular weight is 418 g/mol. The van der Waals surface area contributed by atoms with Crippen molar-refractivity contribution in [3.8, 4) is 11.5 Å². The van der Waals surface area contributed by atoms with Crippen molar-refractivity contribution in [2.24, 2.45) is 0 Å². The van der Waals surface area contributed by atoms with Gasteiger partial charge in [0.15, 0.2) is 5.13 Å². The molecule has 2 aromatic carbocycles. The zero-order valence-electron chi connectivity index (χ0n) is 14.9. The number of anilines is 1. The van der Waals surface area contributed by atoms with E-state index in [4.69, 9.17) is 4.74 Å². The first-order valence-corrected chi connectivity index (χ1v) is 10.7. The predicted molar refractivity (Wildman–Crippen MR) is 107 cm³/mol. The molecular weight excluding hydrogens is 400 g/mol. The SMILES string of the molecule is CCC(C(=O)O)c1cnc(NS(=O)(=O)c2ccc(Oc3ccccc3)cc2)s1. The lowest BCUT2D eigenvalue weighted by Crippen LogP contribution is -2.12. The number of nitrogens with zero attached hydrogens (tertiary/aromatic N) is 1. The summed E-state index contributed by atoms with van der Waals surface area (Å²) in [6.07, 6.45) is 1.79. The van der Waals surface area contributed by atoms with E-state index in [2.05, 4.69) is 9.71 Å². The molecule has 2 N–H and O–H groups in total. The Hall–Kier alpha value is -2.91. The van der Waals surface area contributed by atoms with Crippen LogP contribution >= 0.6 is 11.3 Å². The number of carboxylic acids is 1. The topological polar surface area (TPSA) is 106 Å². The highest BCUT2D eigenvalue weighted by Crippen LogP contribution is 2.30. The molecule has 3 rings (SSSR count). The van der Waals surface area contributed by atoms with Crippen LogP contribution in [0.15, 0.2) is 65.7 Å². The number of para-hydroxylation sites is 1. The van der Waals surface area contributed by atoms with Crippen molar-refractivity contribution in [2.75, 3.05) is 4.72 Å². The fourth-order valence-electron chi connectivity index (χ4n) is 2.48. The van der Waals surface area contributed by atoms with Gasteiger partial charge in [0, 0.05) is 11.1 Å². The molecule has 7 nitrogen and oxygen atoms in total. The van der Waals surface area contributed by atoms with Crippen LogP contribution in [0, 0.1) is 0 Å². The number of carbonyl (C=O) groups is 1. The van der Waals surface area contributed by atoms with Crippen LogP contribution < -0.4 is 9.46 Å². The Morgan fingerprint density at radius 3 is 2.39 bits per heavy atom. The standard InChI is InChI=1S/C19H18N2O5S2/c1-2-16(18(22)23)17-12-20-19(27-17)21-28(24,25)15-10-8-14(9-11-15)26-13-6-4-3-5-7-13/h3-12,16H,2H2,1H3,(H,20,21)(H,22,23). The number of hydrogen-bond donors (Lipinski definition) is 2. The number of rotatable bonds is 8. The Kier molecular flexibility index (Phi) is 5.96. The zero-order valence-corrected chi connectivity index (χ0v) is 16.5. The van der Waals surface area contributed by atoms with Crippen molar-refractivity contribution in [1.82, 2.24) is 4.98 Å². The number of sulfonamides is 1. The quantitative estimate of drug-likeness (QED) is 0.564. The summed E-state index contributed by atoms with van der Waals surface area (Å²) in [5.74, 6) is -0.510. The fourth-order valence-corrected chi connectivity index (χ4v) is 4.71. The minimum Gasteiger partial charge on any atom is -0.481 e. The van der Waals surface area contributed by atoms with E-state index in [9.17, 15) is 18.3 Å². The van der Waals surface area contributed by atoms with Gasteiger partial charge in [-0.3, -0.25) is 9.52 Å². The van der Waals surface area contributed by atoms with E-state index >= 15 is 0 Å². The van der Waals surface area contributed by atoms with E-state index in [1.165, 1.54) is 18.3 Å². The average Bonchev–Trinajstić information content (AvgIpc) is 3.10. The van der Waals surface area contributed by atoms with Crippen molar-refractivity contribution in [2.45, 2.75) is 24.2 Å². The summed E-state index contributed by atoms with van der Waals surface area (Å²) in [5, 5.41) is 9.33. The molecule has 0 spiro atoms. The van der Waals surface area contributed by atoms with Gasteiger partial charge in [0.25, 0.3) is 10.0 Å². The molecule has 0 saturated heterocycles. The first-order valence-electron chi connectivity index (χ1n) is 8.43. The first-order chi connectivity index (χ1) is 13.4. The Morgan fingerprint density at radius 1 is 1.14 bits per heavy atom. The van der Waals surface area contributed by atoms with E-state index in [-0.39, 0.29) is 10.0 Å². The van der Waals surface area contributed by atoms with Crippen LogP contribution in [-0.4, -0.2) is 24.5 Å². The number of carboxylic acid groups (broad SMARTS) is 1. The molecule has 0 radical (unpaired) electrons. The zero-order chi connectivity index (χ0) is 20.1. The van der Waals surface area contributed by atoms with Crippen LogP contribution in [0.25, 0.3) is 0 Å². The maximum atomic E-state index is 12.6. The minimum absolute atomic E-state index is 0.0509. The molecule has 1 atom stereocenters. The lowest BCUT2D eigenvalue weighted by atomic mass is 10.1. The molecule has 146 valence electrons. The van der Waals surface area contributed by atoms with Gasteiger partial charge >= 0.3 is 5.97 Å². The molecule has 1 heterocycles. The van der Waals surface area contributed by atoms with Crippen LogP contribution in [0.5, 0.6) is 11.5 Å². The maximum Gasteiger partial charge on any atom is 0.311 e. The van der Waals surface area contributed by atoms with Crippen LogP contribution in [0.4, 0.5) is 5.13 Å². The Morgan fingerprint density at radius 2 is 1.79 bits per heavy atom. The summed E-state index contributed by atoms with van der Waals surface area (Å²) in [4.78, 5) is 15.8. The minimum atomic E-state index is -3.85. The summed E-state index contributed by atoms with van der Waals surface area (Å²) < 4.78 is 33.1. The number of benzene rings is 2. The molecule has 1 unspecified atom stereocenters. The van der Waals surface area contributed by atoms with Gasteiger partial charge < -0.3 is 9.84 Å². The van der Waals surface area contributed by atoms with Crippen LogP contribution in [-0.2, 0) is 14.8 Å². The number of nitrogens with one attached hydrogen (secondary N) is 1. The van der Waals surface area contributed by atoms with Gasteiger partial charge in [-0.25, -0.2) is 13.4 Å². The van der Waals surface area contributed by atoms with Crippen molar-refractivity contribution in [3.05, 3.63) is 65.7 Å². The highest BCUT2D eigenvalue weighted by Gasteiger charge is 2.22. The molecule has 9 heteroatoms. The molecule has 0 aliphatic rings. The van der Waals surface area contributed by atoms with Crippen LogP contribution in [0.3, 0.4) is 0 Å². The molecule has 0 saturated carbocycles. The van der Waals surface area contributed by atoms with Gasteiger partial charge in [0.05, 0.1) is 10.8 Å². The van der Waals surface area contributed by atoms with Crippen LogP contribution in [0.2, 0.25) is 0 Å². The molecule has 0 aliphatic carbocycles. The molecule has 3 aromatic rings. The summed E-state index contributed by atoms with van der Waals surface area (Å²) >= 11 is 1.01. The van der Waals surface area contributed by atoms with Crippen LogP contribution in [0.1, 0.15) is 24.1 Å².